The van der Waals surface area contributed by atoms with Crippen LogP contribution in [0.1, 0.15) is 0 Å². The summed E-state index contributed by atoms with van der Waals surface area (Å²) in [5.74, 6) is 0. The predicted molar refractivity (Wildman–Crippen MR) is 31.4 cm³/mol. The Morgan fingerprint density at radius 3 is 3.00 bits per heavy atom. The quantitative estimate of drug-likeness (QED) is 0.441. The van der Waals surface area contributed by atoms with Crippen molar-refractivity contribution in [3.8, 4) is 0 Å². The Balaban J connectivity index is 2.36. The standard InChI is InChI=1S/C5H9NO4/c7-2-3(8)4-1-6-5(9)10-4/h3-4,7-8H,1-2H2,(H,6,9). The number of amides is 1. The summed E-state index contributed by atoms with van der Waals surface area (Å²) in [6.45, 7) is -0.125. The zero-order chi connectivity index (χ0) is 7.56. The number of hydrogen-bond donors (Lipinski definition) is 3. The van der Waals surface area contributed by atoms with Crippen molar-refractivity contribution >= 4 is 6.09 Å². The smallest absolute Gasteiger partial charge is 0.407 e. The van der Waals surface area contributed by atoms with Crippen molar-refractivity contribution in [3.05, 3.63) is 0 Å². The molecule has 1 rings (SSSR count). The van der Waals surface area contributed by atoms with E-state index in [4.69, 9.17) is 10.2 Å². The molecule has 2 atom stereocenters. The number of carbonyl (C=O) groups excluding carboxylic acids is 1. The van der Waals surface area contributed by atoms with Crippen LogP contribution < -0.4 is 5.32 Å². The van der Waals surface area contributed by atoms with Gasteiger partial charge in [0.1, 0.15) is 12.2 Å². The van der Waals surface area contributed by atoms with Gasteiger partial charge in [-0.25, -0.2) is 4.79 Å². The van der Waals surface area contributed by atoms with Crippen molar-refractivity contribution < 1.29 is 19.7 Å². The van der Waals surface area contributed by atoms with Crippen LogP contribution in [-0.2, 0) is 4.74 Å². The number of hydrogen-bond acceptors (Lipinski definition) is 4. The van der Waals surface area contributed by atoms with E-state index in [2.05, 4.69) is 10.1 Å². The highest BCUT2D eigenvalue weighted by atomic mass is 16.6. The molecule has 1 saturated heterocycles. The van der Waals surface area contributed by atoms with Crippen LogP contribution in [0.5, 0.6) is 0 Å². The molecule has 1 aliphatic heterocycles. The van der Waals surface area contributed by atoms with Crippen LogP contribution in [0.3, 0.4) is 0 Å². The van der Waals surface area contributed by atoms with Crippen molar-refractivity contribution in [1.82, 2.24) is 5.32 Å². The number of aliphatic hydroxyl groups excluding tert-OH is 2. The summed E-state index contributed by atoms with van der Waals surface area (Å²) in [5, 5.41) is 19.7. The molecule has 0 spiro atoms. The molecule has 1 heterocycles. The zero-order valence-electron chi connectivity index (χ0n) is 5.28. The van der Waals surface area contributed by atoms with Gasteiger partial charge in [-0.1, -0.05) is 0 Å². The summed E-state index contributed by atoms with van der Waals surface area (Å²) in [6.07, 6.45) is -2.12. The SMILES string of the molecule is O=C1NCC(C(O)CO)O1. The fraction of sp³-hybridized carbons (Fsp3) is 0.800. The van der Waals surface area contributed by atoms with Crippen molar-refractivity contribution in [2.45, 2.75) is 12.2 Å². The van der Waals surface area contributed by atoms with Gasteiger partial charge in [-0.05, 0) is 0 Å². The summed E-state index contributed by atoms with van der Waals surface area (Å²) >= 11 is 0. The van der Waals surface area contributed by atoms with Crippen LogP contribution in [-0.4, -0.2) is 41.7 Å². The fourth-order valence-electron chi connectivity index (χ4n) is 0.737. The molecule has 5 heteroatoms. The van der Waals surface area contributed by atoms with E-state index in [0.29, 0.717) is 0 Å². The zero-order valence-corrected chi connectivity index (χ0v) is 5.28. The molecule has 0 bridgehead atoms. The van der Waals surface area contributed by atoms with Gasteiger partial charge in [0.05, 0.1) is 13.2 Å². The lowest BCUT2D eigenvalue weighted by molar-refractivity contribution is -0.000677. The highest BCUT2D eigenvalue weighted by Gasteiger charge is 2.28. The minimum Gasteiger partial charge on any atom is -0.441 e. The Hall–Kier alpha value is -0.810. The van der Waals surface area contributed by atoms with Crippen LogP contribution >= 0.6 is 0 Å². The van der Waals surface area contributed by atoms with E-state index in [1.807, 2.05) is 0 Å². The van der Waals surface area contributed by atoms with Gasteiger partial charge in [-0.2, -0.15) is 0 Å². The summed E-state index contributed by atoms with van der Waals surface area (Å²) in [4.78, 5) is 10.3. The molecule has 0 aliphatic carbocycles. The lowest BCUT2D eigenvalue weighted by Gasteiger charge is -2.11. The Kier molecular flexibility index (Phi) is 2.08. The molecule has 5 nitrogen and oxygen atoms in total. The van der Waals surface area contributed by atoms with Crippen LogP contribution in [0.15, 0.2) is 0 Å². The molecule has 2 unspecified atom stereocenters. The number of rotatable bonds is 2. The first kappa shape index (κ1) is 7.30. The lowest BCUT2D eigenvalue weighted by Crippen LogP contribution is -2.32. The van der Waals surface area contributed by atoms with Crippen LogP contribution in [0.25, 0.3) is 0 Å². The van der Waals surface area contributed by atoms with Gasteiger partial charge in [0.25, 0.3) is 0 Å². The third kappa shape index (κ3) is 1.37. The van der Waals surface area contributed by atoms with E-state index in [0.717, 1.165) is 0 Å². The number of ether oxygens (including phenoxy) is 1. The third-order valence-electron chi connectivity index (χ3n) is 1.32. The second-order valence-corrected chi connectivity index (χ2v) is 2.07. The maximum absolute atomic E-state index is 10.3. The highest BCUT2D eigenvalue weighted by molar-refractivity contribution is 5.69. The second-order valence-electron chi connectivity index (χ2n) is 2.07. The van der Waals surface area contributed by atoms with Gasteiger partial charge in [-0.3, -0.25) is 0 Å². The third-order valence-corrected chi connectivity index (χ3v) is 1.32. The van der Waals surface area contributed by atoms with Gasteiger partial charge in [0.15, 0.2) is 0 Å². The monoisotopic (exact) mass is 147 g/mol. The van der Waals surface area contributed by atoms with Crippen LogP contribution in [0.2, 0.25) is 0 Å². The molecule has 1 fully saturated rings. The average Bonchev–Trinajstić information content (AvgIpc) is 2.34. The normalized spacial score (nSPS) is 27.4. The van der Waals surface area contributed by atoms with Crippen LogP contribution in [0, 0.1) is 0 Å². The Morgan fingerprint density at radius 2 is 2.60 bits per heavy atom. The molecule has 0 saturated carbocycles. The van der Waals surface area contributed by atoms with E-state index < -0.39 is 18.3 Å². The molecule has 0 aromatic carbocycles. The van der Waals surface area contributed by atoms with Crippen molar-refractivity contribution in [2.24, 2.45) is 0 Å². The fourth-order valence-corrected chi connectivity index (χ4v) is 0.737. The minimum atomic E-state index is -0.973. The van der Waals surface area contributed by atoms with Crippen LogP contribution in [0.4, 0.5) is 4.79 Å². The summed E-state index contributed by atoms with van der Waals surface area (Å²) in [5.41, 5.74) is 0. The first-order chi connectivity index (χ1) is 4.74. The van der Waals surface area contributed by atoms with Gasteiger partial charge in [0.2, 0.25) is 0 Å². The molecule has 1 amide bonds. The van der Waals surface area contributed by atoms with E-state index in [-0.39, 0.29) is 13.2 Å². The minimum absolute atomic E-state index is 0.264. The van der Waals surface area contributed by atoms with Gasteiger partial charge < -0.3 is 20.3 Å². The Labute approximate surface area is 57.6 Å². The number of cyclic esters (lactones) is 1. The maximum Gasteiger partial charge on any atom is 0.407 e. The number of carbonyl (C=O) groups is 1. The van der Waals surface area contributed by atoms with Gasteiger partial charge in [0, 0.05) is 0 Å². The van der Waals surface area contributed by atoms with E-state index in [1.165, 1.54) is 0 Å². The van der Waals surface area contributed by atoms with Crippen molar-refractivity contribution in [1.29, 1.82) is 0 Å². The van der Waals surface area contributed by atoms with Gasteiger partial charge in [-0.15, -0.1) is 0 Å². The average molecular weight is 147 g/mol. The molecule has 58 valence electrons. The molecule has 0 aromatic heterocycles. The second kappa shape index (κ2) is 2.85. The summed E-state index contributed by atoms with van der Waals surface area (Å²) < 4.78 is 4.55. The number of aliphatic hydroxyl groups is 2. The molecular formula is C5H9NO4. The molecule has 10 heavy (non-hydrogen) atoms. The van der Waals surface area contributed by atoms with E-state index in [1.54, 1.807) is 0 Å². The summed E-state index contributed by atoms with van der Waals surface area (Å²) in [6, 6.07) is 0. The summed E-state index contributed by atoms with van der Waals surface area (Å²) in [7, 11) is 0. The van der Waals surface area contributed by atoms with Gasteiger partial charge >= 0.3 is 6.09 Å². The highest BCUT2D eigenvalue weighted by Crippen LogP contribution is 2.03. The molecule has 0 aromatic rings. The molecular weight excluding hydrogens is 138 g/mol. The van der Waals surface area contributed by atoms with Crippen molar-refractivity contribution in [2.75, 3.05) is 13.2 Å². The van der Waals surface area contributed by atoms with E-state index in [9.17, 15) is 4.79 Å². The molecule has 1 aliphatic rings. The molecule has 0 radical (unpaired) electrons. The number of nitrogens with one attached hydrogen (secondary N) is 1. The Morgan fingerprint density at radius 1 is 1.90 bits per heavy atom. The first-order valence-corrected chi connectivity index (χ1v) is 2.97. The Bertz CT molecular complexity index is 138. The largest absolute Gasteiger partial charge is 0.441 e. The van der Waals surface area contributed by atoms with Crippen molar-refractivity contribution in [3.63, 3.8) is 0 Å². The van der Waals surface area contributed by atoms with E-state index >= 15 is 0 Å². The molecule has 3 N–H and O–H groups in total. The predicted octanol–water partition coefficient (Wildman–Crippen LogP) is -1.55. The first-order valence-electron chi connectivity index (χ1n) is 2.97. The number of alkyl carbamates (subject to hydrolysis) is 1. The maximum atomic E-state index is 10.3. The topological polar surface area (TPSA) is 78.8 Å². The lowest BCUT2D eigenvalue weighted by atomic mass is 10.2.